The molecule has 2 heteroatoms. The van der Waals surface area contributed by atoms with Gasteiger partial charge in [0.15, 0.2) is 0 Å². The Balaban J connectivity index is 1.93. The number of rotatable bonds is 2. The highest BCUT2D eigenvalue weighted by atomic mass is 15.3. The fourth-order valence-corrected chi connectivity index (χ4v) is 1.68. The van der Waals surface area contributed by atoms with E-state index in [-0.39, 0.29) is 0 Å². The Hall–Kier alpha value is -1.05. The van der Waals surface area contributed by atoms with Crippen LogP contribution < -0.4 is 0 Å². The molecule has 2 rings (SSSR count). The van der Waals surface area contributed by atoms with Crippen molar-refractivity contribution in [3.8, 4) is 0 Å². The maximum absolute atomic E-state index is 4.34. The van der Waals surface area contributed by atoms with Crippen LogP contribution in [0.5, 0.6) is 0 Å². The molecule has 0 unspecified atom stereocenters. The number of aromatic nitrogens is 1. The molecule has 1 heterocycles. The molecule has 0 aromatic carbocycles. The summed E-state index contributed by atoms with van der Waals surface area (Å²) in [4.78, 5) is 0. The SMILES string of the molecule is C(=N\n1cccc1)/C1CCCC1. The third kappa shape index (κ3) is 1.76. The third-order valence-corrected chi connectivity index (χ3v) is 2.40. The standard InChI is InChI=1S/C10H14N2/c1-2-6-10(5-1)9-11-12-7-3-4-8-12/h3-4,7-10H,1-2,5-6H2/b11-9+. The molecule has 1 aliphatic carbocycles. The molecule has 0 amide bonds. The first-order valence-corrected chi connectivity index (χ1v) is 4.62. The lowest BCUT2D eigenvalue weighted by Crippen LogP contribution is -1.95. The van der Waals surface area contributed by atoms with Crippen LogP contribution >= 0.6 is 0 Å². The summed E-state index contributed by atoms with van der Waals surface area (Å²) >= 11 is 0. The Kier molecular flexibility index (Phi) is 2.26. The Morgan fingerprint density at radius 1 is 1.17 bits per heavy atom. The van der Waals surface area contributed by atoms with E-state index < -0.39 is 0 Å². The minimum absolute atomic E-state index is 0.729. The van der Waals surface area contributed by atoms with Gasteiger partial charge in [-0.05, 0) is 30.9 Å². The molecule has 0 N–H and O–H groups in total. The van der Waals surface area contributed by atoms with Gasteiger partial charge in [-0.15, -0.1) is 0 Å². The molecule has 0 radical (unpaired) electrons. The third-order valence-electron chi connectivity index (χ3n) is 2.40. The molecule has 1 aliphatic rings. The summed E-state index contributed by atoms with van der Waals surface area (Å²) in [6, 6.07) is 3.98. The molecule has 12 heavy (non-hydrogen) atoms. The van der Waals surface area contributed by atoms with E-state index in [1.165, 1.54) is 25.7 Å². The smallest absolute Gasteiger partial charge is 0.0284 e. The Morgan fingerprint density at radius 3 is 2.50 bits per heavy atom. The lowest BCUT2D eigenvalue weighted by molar-refractivity contribution is 0.730. The highest BCUT2D eigenvalue weighted by molar-refractivity contribution is 5.60. The fourth-order valence-electron chi connectivity index (χ4n) is 1.68. The molecule has 1 aromatic heterocycles. The van der Waals surface area contributed by atoms with Crippen LogP contribution in [0.3, 0.4) is 0 Å². The van der Waals surface area contributed by atoms with Crippen LogP contribution in [0.15, 0.2) is 29.6 Å². The molecule has 1 fully saturated rings. The van der Waals surface area contributed by atoms with Crippen LogP contribution in [0.4, 0.5) is 0 Å². The molecule has 0 aliphatic heterocycles. The van der Waals surface area contributed by atoms with Crippen molar-refractivity contribution in [3.05, 3.63) is 24.5 Å². The van der Waals surface area contributed by atoms with Crippen LogP contribution in [0.2, 0.25) is 0 Å². The predicted molar refractivity (Wildman–Crippen MR) is 50.3 cm³/mol. The number of hydrogen-bond donors (Lipinski definition) is 0. The Morgan fingerprint density at radius 2 is 1.83 bits per heavy atom. The van der Waals surface area contributed by atoms with Crippen LogP contribution in [-0.2, 0) is 0 Å². The highest BCUT2D eigenvalue weighted by Gasteiger charge is 2.11. The molecule has 64 valence electrons. The van der Waals surface area contributed by atoms with E-state index >= 15 is 0 Å². The van der Waals surface area contributed by atoms with Crippen molar-refractivity contribution < 1.29 is 0 Å². The van der Waals surface area contributed by atoms with Crippen molar-refractivity contribution in [1.82, 2.24) is 4.68 Å². The second-order valence-corrected chi connectivity index (χ2v) is 3.37. The molecular formula is C10H14N2. The van der Waals surface area contributed by atoms with Gasteiger partial charge in [-0.25, -0.2) is 4.68 Å². The van der Waals surface area contributed by atoms with Gasteiger partial charge in [0.05, 0.1) is 0 Å². The van der Waals surface area contributed by atoms with Crippen LogP contribution in [-0.4, -0.2) is 10.9 Å². The quantitative estimate of drug-likeness (QED) is 0.594. The molecule has 0 atom stereocenters. The van der Waals surface area contributed by atoms with Gasteiger partial charge in [0, 0.05) is 18.6 Å². The summed E-state index contributed by atoms with van der Waals surface area (Å²) in [7, 11) is 0. The molecule has 0 saturated heterocycles. The molecular weight excluding hydrogens is 148 g/mol. The van der Waals surface area contributed by atoms with Gasteiger partial charge in [0.2, 0.25) is 0 Å². The van der Waals surface area contributed by atoms with E-state index in [9.17, 15) is 0 Å². The van der Waals surface area contributed by atoms with E-state index in [0.29, 0.717) is 0 Å². The normalized spacial score (nSPS) is 19.3. The first-order valence-electron chi connectivity index (χ1n) is 4.62. The topological polar surface area (TPSA) is 17.3 Å². The fraction of sp³-hybridized carbons (Fsp3) is 0.500. The van der Waals surface area contributed by atoms with Gasteiger partial charge in [0.25, 0.3) is 0 Å². The van der Waals surface area contributed by atoms with Gasteiger partial charge in [-0.2, -0.15) is 5.10 Å². The van der Waals surface area contributed by atoms with Crippen LogP contribution in [0.1, 0.15) is 25.7 Å². The van der Waals surface area contributed by atoms with E-state index in [1.807, 2.05) is 29.2 Å². The lowest BCUT2D eigenvalue weighted by atomic mass is 10.1. The monoisotopic (exact) mass is 162 g/mol. The van der Waals surface area contributed by atoms with Gasteiger partial charge in [-0.1, -0.05) is 12.8 Å². The van der Waals surface area contributed by atoms with Crippen LogP contribution in [0, 0.1) is 5.92 Å². The van der Waals surface area contributed by atoms with E-state index in [2.05, 4.69) is 11.3 Å². The van der Waals surface area contributed by atoms with E-state index in [4.69, 9.17) is 0 Å². The minimum atomic E-state index is 0.729. The summed E-state index contributed by atoms with van der Waals surface area (Å²) < 4.78 is 1.86. The average molecular weight is 162 g/mol. The molecule has 1 aromatic rings. The Bertz CT molecular complexity index is 243. The zero-order valence-corrected chi connectivity index (χ0v) is 7.19. The van der Waals surface area contributed by atoms with Crippen molar-refractivity contribution in [2.45, 2.75) is 25.7 Å². The molecule has 2 nitrogen and oxygen atoms in total. The zero-order chi connectivity index (χ0) is 8.23. The summed E-state index contributed by atoms with van der Waals surface area (Å²) in [5.74, 6) is 0.729. The minimum Gasteiger partial charge on any atom is -0.249 e. The van der Waals surface area contributed by atoms with Gasteiger partial charge >= 0.3 is 0 Å². The second-order valence-electron chi connectivity index (χ2n) is 3.37. The lowest BCUT2D eigenvalue weighted by Gasteiger charge is -1.98. The largest absolute Gasteiger partial charge is 0.249 e. The molecule has 0 bridgehead atoms. The summed E-state index contributed by atoms with van der Waals surface area (Å²) in [5.41, 5.74) is 0. The average Bonchev–Trinajstić information content (AvgIpc) is 2.74. The summed E-state index contributed by atoms with van der Waals surface area (Å²) in [5, 5.41) is 4.34. The number of hydrogen-bond acceptors (Lipinski definition) is 1. The van der Waals surface area contributed by atoms with Crippen molar-refractivity contribution >= 4 is 6.21 Å². The maximum Gasteiger partial charge on any atom is 0.0284 e. The first-order chi connectivity index (χ1) is 5.95. The van der Waals surface area contributed by atoms with Gasteiger partial charge in [0.1, 0.15) is 0 Å². The zero-order valence-electron chi connectivity index (χ0n) is 7.19. The second kappa shape index (κ2) is 3.57. The summed E-state index contributed by atoms with van der Waals surface area (Å²) in [6.45, 7) is 0. The highest BCUT2D eigenvalue weighted by Crippen LogP contribution is 2.22. The van der Waals surface area contributed by atoms with Crippen molar-refractivity contribution in [1.29, 1.82) is 0 Å². The maximum atomic E-state index is 4.34. The van der Waals surface area contributed by atoms with E-state index in [1.54, 1.807) is 0 Å². The van der Waals surface area contributed by atoms with Gasteiger partial charge in [-0.3, -0.25) is 0 Å². The van der Waals surface area contributed by atoms with Crippen molar-refractivity contribution in [3.63, 3.8) is 0 Å². The van der Waals surface area contributed by atoms with Gasteiger partial charge < -0.3 is 0 Å². The Labute approximate surface area is 72.9 Å². The van der Waals surface area contributed by atoms with Crippen LogP contribution in [0.25, 0.3) is 0 Å². The first kappa shape index (κ1) is 7.59. The molecule has 0 spiro atoms. The van der Waals surface area contributed by atoms with Crippen molar-refractivity contribution in [2.75, 3.05) is 0 Å². The summed E-state index contributed by atoms with van der Waals surface area (Å²) in [6.07, 6.45) is 11.4. The molecule has 1 saturated carbocycles. The van der Waals surface area contributed by atoms with Crippen molar-refractivity contribution in [2.24, 2.45) is 11.0 Å². The van der Waals surface area contributed by atoms with E-state index in [0.717, 1.165) is 5.92 Å². The number of nitrogens with zero attached hydrogens (tertiary/aromatic N) is 2. The predicted octanol–water partition coefficient (Wildman–Crippen LogP) is 2.51.